The summed E-state index contributed by atoms with van der Waals surface area (Å²) in [4.78, 5) is 36.6. The van der Waals surface area contributed by atoms with Gasteiger partial charge in [0.1, 0.15) is 5.00 Å². The van der Waals surface area contributed by atoms with Gasteiger partial charge in [0.05, 0.1) is 22.0 Å². The molecule has 138 valence electrons. The zero-order valence-corrected chi connectivity index (χ0v) is 15.8. The number of hydrogen-bond donors (Lipinski definition) is 1. The van der Waals surface area contributed by atoms with E-state index < -0.39 is 16.8 Å². The Morgan fingerprint density at radius 3 is 2.69 bits per heavy atom. The second kappa shape index (κ2) is 7.96. The third-order valence-electron chi connectivity index (χ3n) is 4.12. The fourth-order valence-corrected chi connectivity index (χ4v) is 4.95. The highest BCUT2D eigenvalue weighted by atomic mass is 32.1. The number of amides is 1. The molecule has 3 rings (SSSR count). The van der Waals surface area contributed by atoms with Crippen LogP contribution in [0.1, 0.15) is 56.7 Å². The highest BCUT2D eigenvalue weighted by molar-refractivity contribution is 7.18. The van der Waals surface area contributed by atoms with E-state index in [1.807, 2.05) is 0 Å². The van der Waals surface area contributed by atoms with Gasteiger partial charge in [0.2, 0.25) is 0 Å². The lowest BCUT2D eigenvalue weighted by Crippen LogP contribution is -2.14. The first-order chi connectivity index (χ1) is 12.5. The fraction of sp³-hybridized carbons (Fsp3) is 0.412. The van der Waals surface area contributed by atoms with Crippen molar-refractivity contribution in [1.82, 2.24) is 0 Å². The molecular formula is C17H18N2O5S2. The van der Waals surface area contributed by atoms with E-state index in [0.717, 1.165) is 53.9 Å². The summed E-state index contributed by atoms with van der Waals surface area (Å²) >= 11 is 2.21. The van der Waals surface area contributed by atoms with Crippen LogP contribution in [-0.4, -0.2) is 23.4 Å². The molecule has 0 radical (unpaired) electrons. The number of carbonyl (C=O) groups is 2. The van der Waals surface area contributed by atoms with Crippen molar-refractivity contribution in [3.8, 4) is 0 Å². The molecule has 0 saturated carbocycles. The summed E-state index contributed by atoms with van der Waals surface area (Å²) in [5.74, 6) is -0.885. The van der Waals surface area contributed by atoms with Crippen LogP contribution in [-0.2, 0) is 17.6 Å². The first-order valence-electron chi connectivity index (χ1n) is 8.38. The minimum atomic E-state index is -0.529. The lowest BCUT2D eigenvalue weighted by molar-refractivity contribution is -0.380. The van der Waals surface area contributed by atoms with Crippen LogP contribution in [0.2, 0.25) is 0 Å². The summed E-state index contributed by atoms with van der Waals surface area (Å²) in [5, 5.41) is 13.9. The Morgan fingerprint density at radius 1 is 1.23 bits per heavy atom. The molecule has 26 heavy (non-hydrogen) atoms. The zero-order valence-electron chi connectivity index (χ0n) is 14.2. The summed E-state index contributed by atoms with van der Waals surface area (Å²) in [6.45, 7) is 2.00. The van der Waals surface area contributed by atoms with Crippen LogP contribution in [0.3, 0.4) is 0 Å². The maximum Gasteiger partial charge on any atom is 0.341 e. The van der Waals surface area contributed by atoms with Crippen LogP contribution < -0.4 is 5.32 Å². The molecule has 0 saturated heterocycles. The molecule has 0 aliphatic heterocycles. The largest absolute Gasteiger partial charge is 0.462 e. The molecule has 1 aliphatic carbocycles. The normalized spacial score (nSPS) is 13.6. The molecule has 1 aliphatic rings. The van der Waals surface area contributed by atoms with E-state index in [1.165, 1.54) is 23.5 Å². The van der Waals surface area contributed by atoms with Crippen molar-refractivity contribution < 1.29 is 19.2 Å². The number of nitrogens with one attached hydrogen (secondary N) is 1. The molecule has 2 heterocycles. The molecule has 0 aromatic carbocycles. The fourth-order valence-electron chi connectivity index (χ4n) is 2.96. The van der Waals surface area contributed by atoms with E-state index in [9.17, 15) is 19.7 Å². The Morgan fingerprint density at radius 2 is 2.00 bits per heavy atom. The third kappa shape index (κ3) is 3.78. The number of ether oxygens (including phenoxy) is 1. The molecule has 0 bridgehead atoms. The van der Waals surface area contributed by atoms with Gasteiger partial charge in [0.15, 0.2) is 0 Å². The van der Waals surface area contributed by atoms with Crippen molar-refractivity contribution in [2.24, 2.45) is 0 Å². The van der Waals surface area contributed by atoms with Crippen LogP contribution in [0.4, 0.5) is 10.0 Å². The number of hydrogen-bond acceptors (Lipinski definition) is 7. The quantitative estimate of drug-likeness (QED) is 0.350. The van der Waals surface area contributed by atoms with Crippen LogP contribution >= 0.6 is 22.7 Å². The number of anilines is 1. The molecule has 0 fully saturated rings. The van der Waals surface area contributed by atoms with Crippen molar-refractivity contribution in [3.63, 3.8) is 0 Å². The maximum atomic E-state index is 12.5. The summed E-state index contributed by atoms with van der Waals surface area (Å²) in [5.41, 5.74) is 1.41. The van der Waals surface area contributed by atoms with Gasteiger partial charge in [-0.05, 0) is 44.2 Å². The first-order valence-corrected chi connectivity index (χ1v) is 10.0. The van der Waals surface area contributed by atoms with Crippen LogP contribution in [0.15, 0.2) is 12.1 Å². The zero-order chi connectivity index (χ0) is 18.7. The lowest BCUT2D eigenvalue weighted by atomic mass is 10.1. The smallest absolute Gasteiger partial charge is 0.341 e. The Kier molecular flexibility index (Phi) is 5.67. The van der Waals surface area contributed by atoms with Crippen molar-refractivity contribution in [2.75, 3.05) is 11.9 Å². The van der Waals surface area contributed by atoms with Crippen molar-refractivity contribution in [1.29, 1.82) is 0 Å². The molecular weight excluding hydrogens is 376 g/mol. The van der Waals surface area contributed by atoms with Crippen molar-refractivity contribution >= 4 is 44.6 Å². The lowest BCUT2D eigenvalue weighted by Gasteiger charge is -2.07. The average Bonchev–Trinajstić information content (AvgIpc) is 3.15. The van der Waals surface area contributed by atoms with Gasteiger partial charge in [0, 0.05) is 10.9 Å². The molecule has 0 spiro atoms. The number of esters is 1. The van der Waals surface area contributed by atoms with Crippen LogP contribution in [0, 0.1) is 10.1 Å². The van der Waals surface area contributed by atoms with Gasteiger partial charge < -0.3 is 10.1 Å². The Labute approximate surface area is 158 Å². The van der Waals surface area contributed by atoms with E-state index >= 15 is 0 Å². The molecule has 1 N–H and O–H groups in total. The van der Waals surface area contributed by atoms with E-state index in [0.29, 0.717) is 10.6 Å². The number of thiophene rings is 2. The Bertz CT molecular complexity index is 855. The number of nitrogens with zero attached hydrogens (tertiary/aromatic N) is 1. The number of nitro groups is 1. The number of rotatable bonds is 5. The van der Waals surface area contributed by atoms with Crippen LogP contribution in [0.5, 0.6) is 0 Å². The van der Waals surface area contributed by atoms with Gasteiger partial charge in [-0.2, -0.15) is 0 Å². The second-order valence-electron chi connectivity index (χ2n) is 5.84. The summed E-state index contributed by atoms with van der Waals surface area (Å²) in [7, 11) is 0. The standard InChI is InChI=1S/C17H18N2O5S2/c1-2-24-17(21)14-10-6-4-3-5-7-11(10)26-16(14)18-15(20)12-8-9-13(25-12)19(22)23/h8-9H,2-7H2,1H3,(H,18,20). The monoisotopic (exact) mass is 394 g/mol. The topological polar surface area (TPSA) is 98.5 Å². The van der Waals surface area contributed by atoms with Crippen molar-refractivity contribution in [2.45, 2.75) is 39.0 Å². The highest BCUT2D eigenvalue weighted by Gasteiger charge is 2.27. The van der Waals surface area contributed by atoms with Gasteiger partial charge in [-0.25, -0.2) is 4.79 Å². The number of fused-ring (bicyclic) bond motifs is 1. The Balaban J connectivity index is 1.91. The minimum Gasteiger partial charge on any atom is -0.462 e. The van der Waals surface area contributed by atoms with E-state index in [1.54, 1.807) is 6.92 Å². The SMILES string of the molecule is CCOC(=O)c1c(NC(=O)c2ccc([N+](=O)[O-])s2)sc2c1CCCCC2. The maximum absolute atomic E-state index is 12.5. The van der Waals surface area contributed by atoms with Gasteiger partial charge >= 0.3 is 11.0 Å². The third-order valence-corrected chi connectivity index (χ3v) is 6.37. The van der Waals surface area contributed by atoms with Crippen molar-refractivity contribution in [3.05, 3.63) is 43.1 Å². The van der Waals surface area contributed by atoms with Gasteiger partial charge in [-0.1, -0.05) is 17.8 Å². The average molecular weight is 394 g/mol. The van der Waals surface area contributed by atoms with E-state index in [-0.39, 0.29) is 16.5 Å². The second-order valence-corrected chi connectivity index (χ2v) is 8.01. The molecule has 2 aromatic rings. The Hall–Kier alpha value is -2.26. The van der Waals surface area contributed by atoms with E-state index in [2.05, 4.69) is 5.32 Å². The summed E-state index contributed by atoms with van der Waals surface area (Å²) in [6.07, 6.45) is 4.85. The van der Waals surface area contributed by atoms with E-state index in [4.69, 9.17) is 4.74 Å². The predicted molar refractivity (Wildman–Crippen MR) is 100 cm³/mol. The minimum absolute atomic E-state index is 0.0947. The summed E-state index contributed by atoms with van der Waals surface area (Å²) < 4.78 is 5.19. The molecule has 0 unspecified atom stereocenters. The molecule has 0 atom stereocenters. The van der Waals surface area contributed by atoms with Gasteiger partial charge in [0.25, 0.3) is 5.91 Å². The molecule has 9 heteroatoms. The number of carbonyl (C=O) groups excluding carboxylic acids is 2. The molecule has 1 amide bonds. The highest BCUT2D eigenvalue weighted by Crippen LogP contribution is 2.38. The predicted octanol–water partition coefficient (Wildman–Crippen LogP) is 4.42. The van der Waals surface area contributed by atoms with Gasteiger partial charge in [-0.3, -0.25) is 14.9 Å². The van der Waals surface area contributed by atoms with Crippen LogP contribution in [0.25, 0.3) is 0 Å². The van der Waals surface area contributed by atoms with Gasteiger partial charge in [-0.15, -0.1) is 11.3 Å². The molecule has 7 nitrogen and oxygen atoms in total. The number of aryl methyl sites for hydroxylation is 1. The molecule has 2 aromatic heterocycles. The first kappa shape index (κ1) is 18.5. The summed E-state index contributed by atoms with van der Waals surface area (Å²) in [6, 6.07) is 2.72.